The van der Waals surface area contributed by atoms with Crippen molar-refractivity contribution in [3.05, 3.63) is 29.3 Å². The molecule has 0 heterocycles. The van der Waals surface area contributed by atoms with Gasteiger partial charge in [0.15, 0.2) is 0 Å². The van der Waals surface area contributed by atoms with E-state index in [1.54, 1.807) is 0 Å². The van der Waals surface area contributed by atoms with Crippen molar-refractivity contribution >= 4 is 23.4 Å². The van der Waals surface area contributed by atoms with E-state index in [9.17, 15) is 4.79 Å². The third-order valence-corrected chi connectivity index (χ3v) is 5.08. The maximum atomic E-state index is 12.2. The number of hydrogen-bond acceptors (Lipinski definition) is 3. The summed E-state index contributed by atoms with van der Waals surface area (Å²) in [6, 6.07) is 5.90. The van der Waals surface area contributed by atoms with E-state index in [0.29, 0.717) is 4.75 Å². The fourth-order valence-corrected chi connectivity index (χ4v) is 2.89. The zero-order chi connectivity index (χ0) is 13.9. The Labute approximate surface area is 119 Å². The molecule has 0 bridgehead atoms. The van der Waals surface area contributed by atoms with Gasteiger partial charge in [-0.25, -0.2) is 0 Å². The molecule has 2 N–H and O–H groups in total. The van der Waals surface area contributed by atoms with Crippen LogP contribution in [0.1, 0.15) is 35.7 Å². The number of rotatable bonds is 6. The van der Waals surface area contributed by atoms with Gasteiger partial charge < -0.3 is 10.6 Å². The first-order valence-corrected chi connectivity index (χ1v) is 8.00. The first-order chi connectivity index (χ1) is 9.10. The summed E-state index contributed by atoms with van der Waals surface area (Å²) in [6.45, 7) is 5.72. The molecule has 4 heteroatoms. The monoisotopic (exact) mass is 278 g/mol. The van der Waals surface area contributed by atoms with Crippen molar-refractivity contribution in [2.24, 2.45) is 0 Å². The van der Waals surface area contributed by atoms with Gasteiger partial charge in [0.05, 0.1) is 0 Å². The highest BCUT2D eigenvalue weighted by molar-refractivity contribution is 8.00. The van der Waals surface area contributed by atoms with Crippen molar-refractivity contribution in [2.45, 2.75) is 31.4 Å². The lowest BCUT2D eigenvalue weighted by molar-refractivity contribution is 0.0952. The molecule has 0 saturated heterocycles. The summed E-state index contributed by atoms with van der Waals surface area (Å²) in [5.74, 6) is 0.0425. The summed E-state index contributed by atoms with van der Waals surface area (Å²) in [4.78, 5) is 12.2. The number of hydrogen-bond donors (Lipinski definition) is 2. The second-order valence-electron chi connectivity index (χ2n) is 5.13. The highest BCUT2D eigenvalue weighted by atomic mass is 32.2. The molecule has 3 nitrogen and oxygen atoms in total. The molecule has 0 atom stereocenters. The van der Waals surface area contributed by atoms with E-state index in [1.807, 2.05) is 36.9 Å². The molecular weight excluding hydrogens is 256 g/mol. The van der Waals surface area contributed by atoms with Crippen LogP contribution in [0.2, 0.25) is 0 Å². The van der Waals surface area contributed by atoms with Crippen LogP contribution < -0.4 is 10.6 Å². The molecule has 1 aromatic rings. The van der Waals surface area contributed by atoms with Gasteiger partial charge in [-0.15, -0.1) is 0 Å². The standard InChI is InChI=1S/C15H22N2OS/c1-4-16-12-5-6-13(11(2)9-12)14(18)17-10-15(19-3)7-8-15/h5-6,9,16H,4,7-8,10H2,1-3H3,(H,17,18). The summed E-state index contributed by atoms with van der Waals surface area (Å²) in [7, 11) is 0. The molecule has 2 rings (SSSR count). The van der Waals surface area contributed by atoms with E-state index < -0.39 is 0 Å². The van der Waals surface area contributed by atoms with Crippen LogP contribution in [0.4, 0.5) is 5.69 Å². The van der Waals surface area contributed by atoms with E-state index in [-0.39, 0.29) is 5.91 Å². The van der Waals surface area contributed by atoms with Crippen molar-refractivity contribution in [1.82, 2.24) is 5.32 Å². The van der Waals surface area contributed by atoms with Gasteiger partial charge in [-0.3, -0.25) is 4.79 Å². The first-order valence-electron chi connectivity index (χ1n) is 6.78. The lowest BCUT2D eigenvalue weighted by Gasteiger charge is -2.14. The Kier molecular flexibility index (Phi) is 4.40. The molecule has 19 heavy (non-hydrogen) atoms. The number of anilines is 1. The summed E-state index contributed by atoms with van der Waals surface area (Å²) >= 11 is 1.86. The molecule has 0 radical (unpaired) electrons. The second kappa shape index (κ2) is 5.87. The van der Waals surface area contributed by atoms with Crippen molar-refractivity contribution in [1.29, 1.82) is 0 Å². The summed E-state index contributed by atoms with van der Waals surface area (Å²) in [5.41, 5.74) is 2.86. The second-order valence-corrected chi connectivity index (χ2v) is 6.40. The minimum atomic E-state index is 0.0425. The minimum absolute atomic E-state index is 0.0425. The van der Waals surface area contributed by atoms with Crippen LogP contribution in [0, 0.1) is 6.92 Å². The quantitative estimate of drug-likeness (QED) is 0.840. The summed E-state index contributed by atoms with van der Waals surface area (Å²) in [6.07, 6.45) is 4.55. The van der Waals surface area contributed by atoms with Gasteiger partial charge >= 0.3 is 0 Å². The Hall–Kier alpha value is -1.16. The van der Waals surface area contributed by atoms with Gasteiger partial charge in [-0.1, -0.05) is 0 Å². The molecular formula is C15H22N2OS. The zero-order valence-electron chi connectivity index (χ0n) is 11.9. The van der Waals surface area contributed by atoms with Crippen LogP contribution in [-0.2, 0) is 0 Å². The van der Waals surface area contributed by atoms with Crippen molar-refractivity contribution < 1.29 is 4.79 Å². The van der Waals surface area contributed by atoms with Crippen molar-refractivity contribution in [2.75, 3.05) is 24.7 Å². The highest BCUT2D eigenvalue weighted by Crippen LogP contribution is 2.46. The molecule has 1 saturated carbocycles. The molecule has 0 aromatic heterocycles. The third-order valence-electron chi connectivity index (χ3n) is 3.66. The van der Waals surface area contributed by atoms with Crippen LogP contribution in [0.5, 0.6) is 0 Å². The predicted octanol–water partition coefficient (Wildman–Crippen LogP) is 3.05. The normalized spacial score (nSPS) is 15.9. The molecule has 1 fully saturated rings. The molecule has 0 aliphatic heterocycles. The highest BCUT2D eigenvalue weighted by Gasteiger charge is 2.41. The van der Waals surface area contributed by atoms with E-state index in [1.165, 1.54) is 12.8 Å². The molecule has 1 aliphatic carbocycles. The molecule has 1 aromatic carbocycles. The lowest BCUT2D eigenvalue weighted by atomic mass is 10.1. The van der Waals surface area contributed by atoms with E-state index in [4.69, 9.17) is 0 Å². The van der Waals surface area contributed by atoms with Gasteiger partial charge in [0.25, 0.3) is 5.91 Å². The molecule has 104 valence electrons. The average Bonchev–Trinajstić information content (AvgIpc) is 3.17. The number of carbonyl (C=O) groups is 1. The summed E-state index contributed by atoms with van der Waals surface area (Å²) in [5, 5.41) is 6.32. The smallest absolute Gasteiger partial charge is 0.251 e. The minimum Gasteiger partial charge on any atom is -0.385 e. The van der Waals surface area contributed by atoms with Gasteiger partial charge in [-0.05, 0) is 56.7 Å². The Bertz CT molecular complexity index is 469. The lowest BCUT2D eigenvalue weighted by Crippen LogP contribution is -2.32. The van der Waals surface area contributed by atoms with E-state index >= 15 is 0 Å². The number of thioether (sulfide) groups is 1. The SMILES string of the molecule is CCNc1ccc(C(=O)NCC2(SC)CC2)c(C)c1. The van der Waals surface area contributed by atoms with Gasteiger partial charge in [0.1, 0.15) is 0 Å². The zero-order valence-corrected chi connectivity index (χ0v) is 12.7. The number of benzene rings is 1. The number of amides is 1. The Balaban J connectivity index is 1.98. The molecule has 0 unspecified atom stereocenters. The maximum Gasteiger partial charge on any atom is 0.251 e. The van der Waals surface area contributed by atoms with Crippen LogP contribution in [0.3, 0.4) is 0 Å². The average molecular weight is 278 g/mol. The van der Waals surface area contributed by atoms with Crippen molar-refractivity contribution in [3.63, 3.8) is 0 Å². The topological polar surface area (TPSA) is 41.1 Å². The number of aryl methyl sites for hydroxylation is 1. The van der Waals surface area contributed by atoms with Gasteiger partial charge in [0.2, 0.25) is 0 Å². The predicted molar refractivity (Wildman–Crippen MR) is 83.2 cm³/mol. The Morgan fingerprint density at radius 3 is 2.68 bits per heavy atom. The van der Waals surface area contributed by atoms with E-state index in [0.717, 1.165) is 29.9 Å². The number of carbonyl (C=O) groups excluding carboxylic acids is 1. The van der Waals surface area contributed by atoms with Crippen LogP contribution in [0.25, 0.3) is 0 Å². The Morgan fingerprint density at radius 2 is 2.16 bits per heavy atom. The van der Waals surface area contributed by atoms with Crippen molar-refractivity contribution in [3.8, 4) is 0 Å². The Morgan fingerprint density at radius 1 is 1.42 bits per heavy atom. The molecule has 1 amide bonds. The van der Waals surface area contributed by atoms with Gasteiger partial charge in [-0.2, -0.15) is 11.8 Å². The molecule has 1 aliphatic rings. The maximum absolute atomic E-state index is 12.2. The van der Waals surface area contributed by atoms with Crippen LogP contribution in [-0.4, -0.2) is 30.0 Å². The number of nitrogens with one attached hydrogen (secondary N) is 2. The van der Waals surface area contributed by atoms with E-state index in [2.05, 4.69) is 23.8 Å². The fourth-order valence-electron chi connectivity index (χ4n) is 2.16. The van der Waals surface area contributed by atoms with Crippen LogP contribution in [0.15, 0.2) is 18.2 Å². The largest absolute Gasteiger partial charge is 0.385 e. The van der Waals surface area contributed by atoms with Crippen LogP contribution >= 0.6 is 11.8 Å². The van der Waals surface area contributed by atoms with Gasteiger partial charge in [0, 0.05) is 29.1 Å². The summed E-state index contributed by atoms with van der Waals surface area (Å²) < 4.78 is 0.313. The molecule has 0 spiro atoms. The third kappa shape index (κ3) is 3.44. The first kappa shape index (κ1) is 14.3. The fraction of sp³-hybridized carbons (Fsp3) is 0.533.